The maximum absolute atomic E-state index is 11.5. The van der Waals surface area contributed by atoms with Crippen LogP contribution in [0.25, 0.3) is 10.9 Å². The van der Waals surface area contributed by atoms with Gasteiger partial charge in [-0.3, -0.25) is 0 Å². The maximum Gasteiger partial charge on any atom is 0.367 e. The number of hydrogen-bond acceptors (Lipinski definition) is 3. The van der Waals surface area contributed by atoms with Crippen molar-refractivity contribution in [2.24, 2.45) is 0 Å². The van der Waals surface area contributed by atoms with Gasteiger partial charge in [-0.15, -0.1) is 0 Å². The highest BCUT2D eigenvalue weighted by atomic mass is 16.5. The highest BCUT2D eigenvalue weighted by Crippen LogP contribution is 2.20. The number of nitrogen functional groups attached to an aromatic ring is 1. The molecular formula is C10H12N2O2. The smallest absolute Gasteiger partial charge is 0.367 e. The first kappa shape index (κ1) is 8.87. The molecule has 0 fully saturated rings. The molecule has 4 heteroatoms. The molecule has 0 unspecified atom stereocenters. The lowest BCUT2D eigenvalue weighted by Gasteiger charge is -2.05. The first-order chi connectivity index (χ1) is 6.61. The average molecular weight is 192 g/mol. The predicted molar refractivity (Wildman–Crippen MR) is 55.3 cm³/mol. The largest absolute Gasteiger partial charge is 0.398 e. The highest BCUT2D eigenvalue weighted by Gasteiger charge is 2.12. The summed E-state index contributed by atoms with van der Waals surface area (Å²) in [4.78, 5) is 11.5. The van der Waals surface area contributed by atoms with Gasteiger partial charge in [-0.25, -0.2) is 9.53 Å². The minimum atomic E-state index is -0.369. The van der Waals surface area contributed by atoms with Crippen molar-refractivity contribution in [3.8, 4) is 0 Å². The van der Waals surface area contributed by atoms with Crippen molar-refractivity contribution >= 4 is 16.6 Å². The first-order valence-electron chi connectivity index (χ1n) is 4.51. The molecular weight excluding hydrogens is 180 g/mol. The van der Waals surface area contributed by atoms with E-state index in [1.807, 2.05) is 26.0 Å². The van der Waals surface area contributed by atoms with Crippen molar-refractivity contribution in [3.05, 3.63) is 28.6 Å². The molecule has 0 atom stereocenters. The molecule has 0 aliphatic heterocycles. The van der Waals surface area contributed by atoms with Crippen molar-refractivity contribution in [2.45, 2.75) is 19.9 Å². The van der Waals surface area contributed by atoms with E-state index in [9.17, 15) is 4.79 Å². The minimum absolute atomic E-state index is 0.113. The summed E-state index contributed by atoms with van der Waals surface area (Å²) in [6.45, 7) is 3.90. The fourth-order valence-electron chi connectivity index (χ4n) is 1.53. The van der Waals surface area contributed by atoms with Crippen molar-refractivity contribution in [1.29, 1.82) is 0 Å². The second kappa shape index (κ2) is 2.90. The van der Waals surface area contributed by atoms with E-state index in [4.69, 9.17) is 10.3 Å². The van der Waals surface area contributed by atoms with Gasteiger partial charge in [0, 0.05) is 5.69 Å². The molecule has 0 spiro atoms. The summed E-state index contributed by atoms with van der Waals surface area (Å²) in [6.07, 6.45) is 0. The van der Waals surface area contributed by atoms with Crippen molar-refractivity contribution < 1.29 is 4.52 Å². The highest BCUT2D eigenvalue weighted by molar-refractivity contribution is 5.89. The molecule has 2 N–H and O–H groups in total. The van der Waals surface area contributed by atoms with Crippen LogP contribution < -0.4 is 11.4 Å². The monoisotopic (exact) mass is 192 g/mol. The van der Waals surface area contributed by atoms with Crippen LogP contribution in [0.5, 0.6) is 0 Å². The molecule has 2 aromatic rings. The average Bonchev–Trinajstić information content (AvgIpc) is 2.45. The van der Waals surface area contributed by atoms with Crippen LogP contribution in [0.15, 0.2) is 27.5 Å². The van der Waals surface area contributed by atoms with Crippen molar-refractivity contribution in [3.63, 3.8) is 0 Å². The lowest BCUT2D eigenvalue weighted by molar-refractivity contribution is 0.234. The molecule has 1 heterocycles. The van der Waals surface area contributed by atoms with Gasteiger partial charge < -0.3 is 10.3 Å². The van der Waals surface area contributed by atoms with Crippen LogP contribution in [0.4, 0.5) is 5.69 Å². The Bertz CT molecular complexity index is 522. The third-order valence-corrected chi connectivity index (χ3v) is 2.17. The molecule has 0 bridgehead atoms. The lowest BCUT2D eigenvalue weighted by atomic mass is 10.2. The number of fused-ring (bicyclic) bond motifs is 1. The number of hydrogen-bond donors (Lipinski definition) is 1. The molecule has 0 aliphatic rings. The zero-order valence-corrected chi connectivity index (χ0v) is 8.15. The Labute approximate surface area is 80.9 Å². The number of benzene rings is 1. The van der Waals surface area contributed by atoms with Crippen LogP contribution >= 0.6 is 0 Å². The van der Waals surface area contributed by atoms with Crippen molar-refractivity contribution in [1.82, 2.24) is 4.74 Å². The second-order valence-electron chi connectivity index (χ2n) is 3.54. The van der Waals surface area contributed by atoms with Gasteiger partial charge in [-0.2, -0.15) is 0 Å². The number of aromatic nitrogens is 1. The van der Waals surface area contributed by atoms with Gasteiger partial charge in [0.25, 0.3) is 0 Å². The third-order valence-electron chi connectivity index (χ3n) is 2.17. The molecule has 0 saturated carbocycles. The van der Waals surface area contributed by atoms with Crippen LogP contribution in [0.1, 0.15) is 19.9 Å². The summed E-state index contributed by atoms with van der Waals surface area (Å²) >= 11 is 0. The van der Waals surface area contributed by atoms with Gasteiger partial charge in [0.05, 0.1) is 11.6 Å². The van der Waals surface area contributed by atoms with Crippen LogP contribution in [0.3, 0.4) is 0 Å². The van der Waals surface area contributed by atoms with Crippen LogP contribution in [-0.4, -0.2) is 4.74 Å². The standard InChI is InChI=1S/C10H12N2O2/c1-6(2)12-8-5-3-4-7(11)9(8)10(13)14-12/h3-6H,11H2,1-2H3. The Morgan fingerprint density at radius 1 is 1.43 bits per heavy atom. The molecule has 4 nitrogen and oxygen atoms in total. The first-order valence-corrected chi connectivity index (χ1v) is 4.51. The van der Waals surface area contributed by atoms with Crippen molar-refractivity contribution in [2.75, 3.05) is 5.73 Å². The minimum Gasteiger partial charge on any atom is -0.398 e. The van der Waals surface area contributed by atoms with Crippen LogP contribution in [-0.2, 0) is 0 Å². The fourth-order valence-corrected chi connectivity index (χ4v) is 1.53. The Morgan fingerprint density at radius 2 is 2.14 bits per heavy atom. The molecule has 0 amide bonds. The molecule has 1 aromatic heterocycles. The maximum atomic E-state index is 11.5. The van der Waals surface area contributed by atoms with E-state index in [2.05, 4.69) is 0 Å². The number of rotatable bonds is 1. The SMILES string of the molecule is CC(C)n1oc(=O)c2c(N)cccc21. The van der Waals surface area contributed by atoms with Crippen LogP contribution in [0, 0.1) is 0 Å². The van der Waals surface area contributed by atoms with E-state index in [1.54, 1.807) is 10.8 Å². The Hall–Kier alpha value is -1.71. The molecule has 0 radical (unpaired) electrons. The zero-order valence-electron chi connectivity index (χ0n) is 8.15. The van der Waals surface area contributed by atoms with Gasteiger partial charge >= 0.3 is 5.63 Å². The molecule has 14 heavy (non-hydrogen) atoms. The summed E-state index contributed by atoms with van der Waals surface area (Å²) in [5.41, 5.74) is 6.55. The quantitative estimate of drug-likeness (QED) is 0.700. The summed E-state index contributed by atoms with van der Waals surface area (Å²) in [6, 6.07) is 5.45. The number of nitrogens with zero attached hydrogens (tertiary/aromatic N) is 1. The summed E-state index contributed by atoms with van der Waals surface area (Å²) < 4.78 is 6.67. The summed E-state index contributed by atoms with van der Waals surface area (Å²) in [7, 11) is 0. The fraction of sp³-hybridized carbons (Fsp3) is 0.300. The van der Waals surface area contributed by atoms with E-state index < -0.39 is 0 Å². The van der Waals surface area contributed by atoms with E-state index in [0.717, 1.165) is 5.52 Å². The summed E-state index contributed by atoms with van der Waals surface area (Å²) in [5.74, 6) is 0. The number of anilines is 1. The zero-order chi connectivity index (χ0) is 10.3. The molecule has 0 aliphatic carbocycles. The lowest BCUT2D eigenvalue weighted by Crippen LogP contribution is -1.99. The predicted octanol–water partition coefficient (Wildman–Crippen LogP) is 1.76. The molecule has 74 valence electrons. The van der Waals surface area contributed by atoms with E-state index in [0.29, 0.717) is 11.1 Å². The second-order valence-corrected chi connectivity index (χ2v) is 3.54. The Balaban J connectivity index is 2.91. The van der Waals surface area contributed by atoms with Gasteiger partial charge in [0.15, 0.2) is 0 Å². The van der Waals surface area contributed by atoms with Gasteiger partial charge in [-0.1, -0.05) is 6.07 Å². The Kier molecular flexibility index (Phi) is 1.84. The van der Waals surface area contributed by atoms with Gasteiger partial charge in [0.2, 0.25) is 0 Å². The topological polar surface area (TPSA) is 61.2 Å². The summed E-state index contributed by atoms with van der Waals surface area (Å²) in [5, 5.41) is 0.473. The third kappa shape index (κ3) is 1.11. The van der Waals surface area contributed by atoms with E-state index in [-0.39, 0.29) is 11.7 Å². The van der Waals surface area contributed by atoms with Gasteiger partial charge in [-0.05, 0) is 26.0 Å². The number of nitrogens with two attached hydrogens (primary N) is 1. The molecule has 0 saturated heterocycles. The Morgan fingerprint density at radius 3 is 2.79 bits per heavy atom. The molecule has 1 aromatic carbocycles. The van der Waals surface area contributed by atoms with Gasteiger partial charge in [0.1, 0.15) is 5.39 Å². The van der Waals surface area contributed by atoms with Crippen LogP contribution in [0.2, 0.25) is 0 Å². The normalized spacial score (nSPS) is 11.4. The van der Waals surface area contributed by atoms with E-state index in [1.165, 1.54) is 0 Å². The molecule has 2 rings (SSSR count). The van der Waals surface area contributed by atoms with E-state index >= 15 is 0 Å².